The molecule has 1 aliphatic rings. The molecule has 0 aromatic heterocycles. The maximum atomic E-state index is 10.8. The van der Waals surface area contributed by atoms with Crippen LogP contribution in [0.2, 0.25) is 0 Å². The van der Waals surface area contributed by atoms with Gasteiger partial charge in [0.05, 0.1) is 6.10 Å². The van der Waals surface area contributed by atoms with Crippen molar-refractivity contribution >= 4 is 5.97 Å². The van der Waals surface area contributed by atoms with Gasteiger partial charge >= 0.3 is 5.97 Å². The van der Waals surface area contributed by atoms with Crippen LogP contribution in [0, 0.1) is 5.92 Å². The highest BCUT2D eigenvalue weighted by atomic mass is 16.4. The molecule has 2 atom stereocenters. The van der Waals surface area contributed by atoms with E-state index in [2.05, 4.69) is 4.90 Å². The van der Waals surface area contributed by atoms with E-state index in [0.717, 1.165) is 13.0 Å². The molecule has 1 saturated heterocycles. The SMILES string of the molecule is CCC(=CCN1CCC(C)C(O)C1)C(=O)O. The van der Waals surface area contributed by atoms with E-state index >= 15 is 0 Å². The Labute approximate surface area is 96.6 Å². The quantitative estimate of drug-likeness (QED) is 0.706. The minimum atomic E-state index is -0.839. The maximum absolute atomic E-state index is 10.8. The van der Waals surface area contributed by atoms with Gasteiger partial charge in [-0.05, 0) is 25.3 Å². The van der Waals surface area contributed by atoms with Crippen LogP contribution < -0.4 is 0 Å². The number of hydrogen-bond donors (Lipinski definition) is 2. The molecule has 2 N–H and O–H groups in total. The molecular formula is C12H21NO3. The van der Waals surface area contributed by atoms with Gasteiger partial charge in [0.25, 0.3) is 0 Å². The van der Waals surface area contributed by atoms with E-state index in [0.29, 0.717) is 31.0 Å². The Hall–Kier alpha value is -0.870. The van der Waals surface area contributed by atoms with Crippen LogP contribution in [-0.2, 0) is 4.79 Å². The number of aliphatic carboxylic acids is 1. The molecule has 0 amide bonds. The Morgan fingerprint density at radius 2 is 2.25 bits per heavy atom. The highest BCUT2D eigenvalue weighted by Crippen LogP contribution is 2.16. The second-order valence-corrected chi connectivity index (χ2v) is 4.48. The fraction of sp³-hybridized carbons (Fsp3) is 0.750. The first-order valence-corrected chi connectivity index (χ1v) is 5.87. The molecule has 0 spiro atoms. The number of aliphatic hydroxyl groups excluding tert-OH is 1. The van der Waals surface area contributed by atoms with Crippen molar-refractivity contribution in [3.63, 3.8) is 0 Å². The minimum Gasteiger partial charge on any atom is -0.478 e. The first kappa shape index (κ1) is 13.2. The van der Waals surface area contributed by atoms with Gasteiger partial charge in [0.15, 0.2) is 0 Å². The first-order valence-electron chi connectivity index (χ1n) is 5.87. The fourth-order valence-corrected chi connectivity index (χ4v) is 1.90. The molecule has 0 radical (unpaired) electrons. The first-order chi connectivity index (χ1) is 7.54. The zero-order valence-corrected chi connectivity index (χ0v) is 10.0. The molecule has 92 valence electrons. The molecule has 1 heterocycles. The van der Waals surface area contributed by atoms with Crippen molar-refractivity contribution in [2.45, 2.75) is 32.8 Å². The number of rotatable bonds is 4. The van der Waals surface area contributed by atoms with E-state index in [4.69, 9.17) is 5.11 Å². The van der Waals surface area contributed by atoms with Crippen LogP contribution in [0.1, 0.15) is 26.7 Å². The Kier molecular flexibility index (Phi) is 4.96. The van der Waals surface area contributed by atoms with Gasteiger partial charge in [-0.1, -0.05) is 19.9 Å². The van der Waals surface area contributed by atoms with Crippen molar-refractivity contribution in [2.75, 3.05) is 19.6 Å². The predicted molar refractivity (Wildman–Crippen MR) is 62.2 cm³/mol. The van der Waals surface area contributed by atoms with Gasteiger partial charge < -0.3 is 10.2 Å². The van der Waals surface area contributed by atoms with E-state index in [1.807, 2.05) is 13.8 Å². The van der Waals surface area contributed by atoms with Gasteiger partial charge in [-0.25, -0.2) is 4.79 Å². The maximum Gasteiger partial charge on any atom is 0.331 e. The summed E-state index contributed by atoms with van der Waals surface area (Å²) < 4.78 is 0. The normalized spacial score (nSPS) is 28.1. The van der Waals surface area contributed by atoms with Crippen molar-refractivity contribution in [1.29, 1.82) is 0 Å². The van der Waals surface area contributed by atoms with Crippen molar-refractivity contribution < 1.29 is 15.0 Å². The van der Waals surface area contributed by atoms with Gasteiger partial charge in [-0.3, -0.25) is 4.90 Å². The lowest BCUT2D eigenvalue weighted by Gasteiger charge is -2.33. The van der Waals surface area contributed by atoms with Crippen molar-refractivity contribution in [3.8, 4) is 0 Å². The van der Waals surface area contributed by atoms with Gasteiger partial charge in [-0.2, -0.15) is 0 Å². The number of aliphatic hydroxyl groups is 1. The van der Waals surface area contributed by atoms with Crippen molar-refractivity contribution in [2.24, 2.45) is 5.92 Å². The summed E-state index contributed by atoms with van der Waals surface area (Å²) in [5.41, 5.74) is 0.452. The lowest BCUT2D eigenvalue weighted by atomic mass is 9.96. The number of carbonyl (C=O) groups is 1. The molecule has 4 heteroatoms. The molecule has 16 heavy (non-hydrogen) atoms. The molecule has 0 aliphatic carbocycles. The molecule has 0 saturated carbocycles. The zero-order chi connectivity index (χ0) is 12.1. The largest absolute Gasteiger partial charge is 0.478 e. The van der Waals surface area contributed by atoms with Gasteiger partial charge in [-0.15, -0.1) is 0 Å². The average molecular weight is 227 g/mol. The lowest BCUT2D eigenvalue weighted by Crippen LogP contribution is -2.42. The highest BCUT2D eigenvalue weighted by molar-refractivity contribution is 5.86. The van der Waals surface area contributed by atoms with Crippen molar-refractivity contribution in [1.82, 2.24) is 4.90 Å². The summed E-state index contributed by atoms with van der Waals surface area (Å²) in [5, 5.41) is 18.6. The summed E-state index contributed by atoms with van der Waals surface area (Å²) in [6, 6.07) is 0. The van der Waals surface area contributed by atoms with Crippen LogP contribution in [0.3, 0.4) is 0 Å². The smallest absolute Gasteiger partial charge is 0.331 e. The van der Waals surface area contributed by atoms with E-state index in [1.54, 1.807) is 6.08 Å². The summed E-state index contributed by atoms with van der Waals surface area (Å²) in [7, 11) is 0. The number of likely N-dealkylation sites (tertiary alicyclic amines) is 1. The standard InChI is InChI=1S/C12H21NO3/c1-3-10(12(15)16)5-7-13-6-4-9(2)11(14)8-13/h5,9,11,14H,3-4,6-8H2,1-2H3,(H,15,16). The summed E-state index contributed by atoms with van der Waals surface area (Å²) in [6.45, 7) is 6.10. The molecule has 0 aromatic rings. The molecule has 0 aromatic carbocycles. The molecule has 1 fully saturated rings. The van der Waals surface area contributed by atoms with Gasteiger partial charge in [0, 0.05) is 18.7 Å². The molecular weight excluding hydrogens is 206 g/mol. The number of piperidine rings is 1. The fourth-order valence-electron chi connectivity index (χ4n) is 1.90. The van der Waals surface area contributed by atoms with E-state index in [1.165, 1.54) is 0 Å². The van der Waals surface area contributed by atoms with Crippen LogP contribution in [-0.4, -0.2) is 46.8 Å². The third-order valence-corrected chi connectivity index (χ3v) is 3.25. The average Bonchev–Trinajstić information content (AvgIpc) is 2.23. The zero-order valence-electron chi connectivity index (χ0n) is 10.0. The van der Waals surface area contributed by atoms with Crippen LogP contribution in [0.25, 0.3) is 0 Å². The molecule has 1 aliphatic heterocycles. The Bertz CT molecular complexity index is 275. The summed E-state index contributed by atoms with van der Waals surface area (Å²) in [4.78, 5) is 12.9. The van der Waals surface area contributed by atoms with Crippen LogP contribution in [0.15, 0.2) is 11.6 Å². The minimum absolute atomic E-state index is 0.281. The molecule has 4 nitrogen and oxygen atoms in total. The monoisotopic (exact) mass is 227 g/mol. The molecule has 0 bridgehead atoms. The van der Waals surface area contributed by atoms with E-state index in [-0.39, 0.29) is 6.10 Å². The molecule has 2 unspecified atom stereocenters. The number of carboxylic acids is 1. The number of hydrogen-bond acceptors (Lipinski definition) is 3. The topological polar surface area (TPSA) is 60.8 Å². The third-order valence-electron chi connectivity index (χ3n) is 3.25. The Morgan fingerprint density at radius 1 is 1.56 bits per heavy atom. The van der Waals surface area contributed by atoms with Crippen molar-refractivity contribution in [3.05, 3.63) is 11.6 Å². The number of carboxylic acid groups (broad SMARTS) is 1. The van der Waals surface area contributed by atoms with Gasteiger partial charge in [0.2, 0.25) is 0 Å². The lowest BCUT2D eigenvalue weighted by molar-refractivity contribution is -0.132. The van der Waals surface area contributed by atoms with Crippen LogP contribution >= 0.6 is 0 Å². The Morgan fingerprint density at radius 3 is 2.75 bits per heavy atom. The number of nitrogens with zero attached hydrogens (tertiary/aromatic N) is 1. The van der Waals surface area contributed by atoms with E-state index in [9.17, 15) is 9.90 Å². The number of β-amino-alcohol motifs (C(OH)–C–C–N with tert-alkyl or cyclic N) is 1. The summed E-state index contributed by atoms with van der Waals surface area (Å²) >= 11 is 0. The van der Waals surface area contributed by atoms with E-state index < -0.39 is 5.97 Å². The second-order valence-electron chi connectivity index (χ2n) is 4.48. The highest BCUT2D eigenvalue weighted by Gasteiger charge is 2.23. The second kappa shape index (κ2) is 6.01. The predicted octanol–water partition coefficient (Wildman–Crippen LogP) is 1.11. The molecule has 1 rings (SSSR count). The summed E-state index contributed by atoms with van der Waals surface area (Å²) in [6.07, 6.45) is 2.99. The summed E-state index contributed by atoms with van der Waals surface area (Å²) in [5.74, 6) is -0.487. The van der Waals surface area contributed by atoms with Crippen LogP contribution in [0.5, 0.6) is 0 Å². The third kappa shape index (κ3) is 3.61. The Balaban J connectivity index is 2.46. The van der Waals surface area contributed by atoms with Gasteiger partial charge in [0.1, 0.15) is 0 Å². The van der Waals surface area contributed by atoms with Crippen LogP contribution in [0.4, 0.5) is 0 Å².